The summed E-state index contributed by atoms with van der Waals surface area (Å²) in [6.45, 7) is 1.05. The molecule has 0 spiro atoms. The quantitative estimate of drug-likeness (QED) is 0.828. The van der Waals surface area contributed by atoms with Gasteiger partial charge < -0.3 is 14.7 Å². The molecule has 1 atom stereocenters. The number of amides is 1. The van der Waals surface area contributed by atoms with Gasteiger partial charge in [-0.15, -0.1) is 0 Å². The Morgan fingerprint density at radius 3 is 2.71 bits per heavy atom. The third-order valence-electron chi connectivity index (χ3n) is 4.96. The van der Waals surface area contributed by atoms with E-state index in [9.17, 15) is 18.3 Å². The van der Waals surface area contributed by atoms with Crippen LogP contribution in [-0.4, -0.2) is 50.1 Å². The van der Waals surface area contributed by atoms with Gasteiger partial charge in [0.25, 0.3) is 5.91 Å². The molecule has 132 valence electrons. The molecule has 8 heteroatoms. The van der Waals surface area contributed by atoms with Crippen LogP contribution in [0.25, 0.3) is 0 Å². The van der Waals surface area contributed by atoms with Gasteiger partial charge in [-0.2, -0.15) is 0 Å². The number of hydrogen-bond donors (Lipinski definition) is 2. The van der Waals surface area contributed by atoms with E-state index in [0.717, 1.165) is 25.7 Å². The van der Waals surface area contributed by atoms with Crippen molar-refractivity contribution in [3.63, 3.8) is 0 Å². The molecule has 1 unspecified atom stereocenters. The number of aliphatic hydroxyl groups is 1. The Balaban J connectivity index is 1.88. The van der Waals surface area contributed by atoms with Crippen molar-refractivity contribution in [2.75, 3.05) is 20.2 Å². The summed E-state index contributed by atoms with van der Waals surface area (Å²) in [6.07, 6.45) is 3.28. The summed E-state index contributed by atoms with van der Waals surface area (Å²) < 4.78 is 28.3. The first kappa shape index (κ1) is 17.2. The van der Waals surface area contributed by atoms with Gasteiger partial charge in [-0.1, -0.05) is 0 Å². The minimum Gasteiger partial charge on any atom is -0.496 e. The second-order valence-corrected chi connectivity index (χ2v) is 8.16. The molecule has 2 fully saturated rings. The summed E-state index contributed by atoms with van der Waals surface area (Å²) in [5.41, 5.74) is -0.460. The third-order valence-corrected chi connectivity index (χ3v) is 5.87. The molecule has 2 aliphatic rings. The topological polar surface area (TPSA) is 110 Å². The SMILES string of the molecule is COc1ccc(S(N)(=O)=O)cc1C(=O)N1CCCC(C2(O)CC2)C1. The summed E-state index contributed by atoms with van der Waals surface area (Å²) in [7, 11) is -2.48. The van der Waals surface area contributed by atoms with E-state index in [2.05, 4.69) is 0 Å². The summed E-state index contributed by atoms with van der Waals surface area (Å²) in [5, 5.41) is 15.5. The van der Waals surface area contributed by atoms with E-state index in [4.69, 9.17) is 9.88 Å². The molecule has 1 heterocycles. The average Bonchev–Trinajstić information content (AvgIpc) is 3.32. The van der Waals surface area contributed by atoms with Gasteiger partial charge >= 0.3 is 0 Å². The van der Waals surface area contributed by atoms with E-state index in [1.165, 1.54) is 25.3 Å². The number of primary sulfonamides is 1. The molecule has 1 aromatic carbocycles. The fourth-order valence-corrected chi connectivity index (χ4v) is 3.88. The van der Waals surface area contributed by atoms with Gasteiger partial charge in [0.05, 0.1) is 23.2 Å². The lowest BCUT2D eigenvalue weighted by molar-refractivity contribution is 0.0281. The van der Waals surface area contributed by atoms with Crippen LogP contribution in [0.2, 0.25) is 0 Å². The zero-order valence-electron chi connectivity index (χ0n) is 13.6. The molecule has 3 N–H and O–H groups in total. The third kappa shape index (κ3) is 3.26. The largest absolute Gasteiger partial charge is 0.496 e. The minimum atomic E-state index is -3.90. The Morgan fingerprint density at radius 2 is 2.12 bits per heavy atom. The molecule has 1 saturated carbocycles. The van der Waals surface area contributed by atoms with E-state index in [1.54, 1.807) is 4.90 Å². The highest BCUT2D eigenvalue weighted by molar-refractivity contribution is 7.89. The van der Waals surface area contributed by atoms with Crippen molar-refractivity contribution >= 4 is 15.9 Å². The van der Waals surface area contributed by atoms with Gasteiger partial charge in [-0.05, 0) is 43.9 Å². The Bertz CT molecular complexity index is 758. The number of carbonyl (C=O) groups is 1. The van der Waals surface area contributed by atoms with Crippen LogP contribution in [0, 0.1) is 5.92 Å². The Hall–Kier alpha value is -1.64. The van der Waals surface area contributed by atoms with Gasteiger partial charge in [0, 0.05) is 19.0 Å². The number of piperidine rings is 1. The number of nitrogens with zero attached hydrogens (tertiary/aromatic N) is 1. The van der Waals surface area contributed by atoms with E-state index in [-0.39, 0.29) is 22.3 Å². The fourth-order valence-electron chi connectivity index (χ4n) is 3.34. The second-order valence-electron chi connectivity index (χ2n) is 6.60. The molecule has 1 aliphatic carbocycles. The molecule has 0 radical (unpaired) electrons. The first-order chi connectivity index (χ1) is 11.2. The van der Waals surface area contributed by atoms with Crippen molar-refractivity contribution in [1.82, 2.24) is 4.90 Å². The molecule has 1 saturated heterocycles. The highest BCUT2D eigenvalue weighted by Gasteiger charge is 2.49. The molecule has 3 rings (SSSR count). The maximum Gasteiger partial charge on any atom is 0.257 e. The van der Waals surface area contributed by atoms with Crippen molar-refractivity contribution in [1.29, 1.82) is 0 Å². The van der Waals surface area contributed by atoms with Gasteiger partial charge in [-0.3, -0.25) is 4.79 Å². The van der Waals surface area contributed by atoms with Crippen molar-refractivity contribution in [2.24, 2.45) is 11.1 Å². The van der Waals surface area contributed by atoms with Crippen LogP contribution in [-0.2, 0) is 10.0 Å². The molecule has 0 aromatic heterocycles. The molecule has 1 aromatic rings. The van der Waals surface area contributed by atoms with Gasteiger partial charge in [0.15, 0.2) is 0 Å². The van der Waals surface area contributed by atoms with Crippen LogP contribution < -0.4 is 9.88 Å². The summed E-state index contributed by atoms with van der Waals surface area (Å²) in [4.78, 5) is 14.4. The van der Waals surface area contributed by atoms with Crippen molar-refractivity contribution in [2.45, 2.75) is 36.2 Å². The number of sulfonamides is 1. The lowest BCUT2D eigenvalue weighted by Gasteiger charge is -2.35. The molecular formula is C16H22N2O5S. The van der Waals surface area contributed by atoms with E-state index >= 15 is 0 Å². The molecule has 0 bridgehead atoms. The lowest BCUT2D eigenvalue weighted by Crippen LogP contribution is -2.44. The molecule has 7 nitrogen and oxygen atoms in total. The highest BCUT2D eigenvalue weighted by atomic mass is 32.2. The molecule has 24 heavy (non-hydrogen) atoms. The molecule has 1 aliphatic heterocycles. The van der Waals surface area contributed by atoms with Gasteiger partial charge in [-0.25, -0.2) is 13.6 Å². The van der Waals surface area contributed by atoms with E-state index in [0.29, 0.717) is 18.8 Å². The number of rotatable bonds is 4. The zero-order valence-corrected chi connectivity index (χ0v) is 14.4. The van der Waals surface area contributed by atoms with Gasteiger partial charge in [0.2, 0.25) is 10.0 Å². The van der Waals surface area contributed by atoms with Crippen LogP contribution in [0.4, 0.5) is 0 Å². The van der Waals surface area contributed by atoms with Crippen molar-refractivity contribution < 1.29 is 23.1 Å². The zero-order chi connectivity index (χ0) is 17.5. The predicted molar refractivity (Wildman–Crippen MR) is 87.2 cm³/mol. The van der Waals surface area contributed by atoms with Crippen LogP contribution in [0.3, 0.4) is 0 Å². The summed E-state index contributed by atoms with van der Waals surface area (Å²) >= 11 is 0. The Kier molecular flexibility index (Phi) is 4.31. The number of carbonyl (C=O) groups excluding carboxylic acids is 1. The minimum absolute atomic E-state index is 0.0719. The highest BCUT2D eigenvalue weighted by Crippen LogP contribution is 2.45. The number of likely N-dealkylation sites (tertiary alicyclic amines) is 1. The fraction of sp³-hybridized carbons (Fsp3) is 0.562. The number of ether oxygens (including phenoxy) is 1. The maximum atomic E-state index is 12.9. The first-order valence-electron chi connectivity index (χ1n) is 7.97. The van der Waals surface area contributed by atoms with Crippen LogP contribution >= 0.6 is 0 Å². The Labute approximate surface area is 141 Å². The number of methoxy groups -OCH3 is 1. The number of hydrogen-bond acceptors (Lipinski definition) is 5. The number of benzene rings is 1. The first-order valence-corrected chi connectivity index (χ1v) is 9.52. The predicted octanol–water partition coefficient (Wildman–Crippen LogP) is 0.720. The summed E-state index contributed by atoms with van der Waals surface area (Å²) in [6, 6.07) is 4.01. The van der Waals surface area contributed by atoms with Crippen molar-refractivity contribution in [3.8, 4) is 5.75 Å². The lowest BCUT2D eigenvalue weighted by atomic mass is 9.90. The smallest absolute Gasteiger partial charge is 0.257 e. The van der Waals surface area contributed by atoms with Crippen molar-refractivity contribution in [3.05, 3.63) is 23.8 Å². The van der Waals surface area contributed by atoms with Crippen LogP contribution in [0.15, 0.2) is 23.1 Å². The van der Waals surface area contributed by atoms with E-state index < -0.39 is 15.6 Å². The molecular weight excluding hydrogens is 332 g/mol. The Morgan fingerprint density at radius 1 is 1.42 bits per heavy atom. The summed E-state index contributed by atoms with van der Waals surface area (Å²) in [5.74, 6) is 0.0774. The maximum absolute atomic E-state index is 12.9. The standard InChI is InChI=1S/C16H22N2O5S/c1-23-14-5-4-12(24(17,21)22)9-13(14)15(19)18-8-2-3-11(10-18)16(20)6-7-16/h4-5,9,11,20H,2-3,6-8,10H2,1H3,(H2,17,21,22). The average molecular weight is 354 g/mol. The number of nitrogens with two attached hydrogens (primary N) is 1. The monoisotopic (exact) mass is 354 g/mol. The van der Waals surface area contributed by atoms with Gasteiger partial charge in [0.1, 0.15) is 5.75 Å². The van der Waals surface area contributed by atoms with Crippen LogP contribution in [0.1, 0.15) is 36.0 Å². The second kappa shape index (κ2) is 6.02. The normalized spacial score (nSPS) is 23.0. The molecule has 1 amide bonds. The van der Waals surface area contributed by atoms with Crippen LogP contribution in [0.5, 0.6) is 5.75 Å². The van der Waals surface area contributed by atoms with E-state index in [1.807, 2.05) is 0 Å².